The zero-order valence-electron chi connectivity index (χ0n) is 19.3. The molecule has 2 aliphatic heterocycles. The SMILES string of the molecule is Cc1ccc(C)c2[nH]c(=O)c(CN(C[C@H]3CCCO3)S(=O)(=O)c3ccc4c(c3)OCCO4)cc12. The van der Waals surface area contributed by atoms with E-state index >= 15 is 0 Å². The predicted octanol–water partition coefficient (Wildman–Crippen LogP) is 3.29. The lowest BCUT2D eigenvalue weighted by molar-refractivity contribution is 0.0925. The number of fused-ring (bicyclic) bond motifs is 2. The van der Waals surface area contributed by atoms with Crippen LogP contribution < -0.4 is 15.0 Å². The molecular formula is C25H28N2O6S. The van der Waals surface area contributed by atoms with Gasteiger partial charge in [0.05, 0.1) is 16.5 Å². The van der Waals surface area contributed by atoms with Crippen LogP contribution in [0.2, 0.25) is 0 Å². The second kappa shape index (κ2) is 9.05. The first kappa shape index (κ1) is 22.9. The molecule has 1 N–H and O–H groups in total. The average molecular weight is 485 g/mol. The lowest BCUT2D eigenvalue weighted by Gasteiger charge is -2.26. The van der Waals surface area contributed by atoms with E-state index in [0.717, 1.165) is 34.9 Å². The molecule has 3 heterocycles. The summed E-state index contributed by atoms with van der Waals surface area (Å²) in [6.45, 7) is 5.41. The van der Waals surface area contributed by atoms with Crippen LogP contribution in [0.15, 0.2) is 46.1 Å². The number of ether oxygens (including phenoxy) is 3. The van der Waals surface area contributed by atoms with Crippen LogP contribution in [0.25, 0.3) is 10.9 Å². The first-order valence-corrected chi connectivity index (χ1v) is 12.9. The number of benzene rings is 2. The van der Waals surface area contributed by atoms with Crippen LogP contribution in [0.5, 0.6) is 11.5 Å². The topological polar surface area (TPSA) is 97.9 Å². The van der Waals surface area contributed by atoms with Crippen LogP contribution in [0.1, 0.15) is 29.5 Å². The zero-order chi connectivity index (χ0) is 23.9. The lowest BCUT2D eigenvalue weighted by atomic mass is 10.0. The van der Waals surface area contributed by atoms with Crippen molar-refractivity contribution in [2.75, 3.05) is 26.4 Å². The molecule has 34 heavy (non-hydrogen) atoms. The van der Waals surface area contributed by atoms with E-state index in [1.54, 1.807) is 12.1 Å². The molecule has 1 fully saturated rings. The zero-order valence-corrected chi connectivity index (χ0v) is 20.1. The number of sulfonamides is 1. The van der Waals surface area contributed by atoms with Crippen molar-refractivity contribution in [3.05, 3.63) is 63.4 Å². The molecule has 9 heteroatoms. The fourth-order valence-electron chi connectivity index (χ4n) is 4.52. The number of aryl methyl sites for hydroxylation is 2. The van der Waals surface area contributed by atoms with E-state index < -0.39 is 10.0 Å². The Kier molecular flexibility index (Phi) is 6.09. The van der Waals surface area contributed by atoms with Crippen molar-refractivity contribution in [1.82, 2.24) is 9.29 Å². The Morgan fingerprint density at radius 1 is 1.00 bits per heavy atom. The summed E-state index contributed by atoms with van der Waals surface area (Å²) >= 11 is 0. The number of nitrogens with one attached hydrogen (secondary N) is 1. The number of H-pyrrole nitrogens is 1. The van der Waals surface area contributed by atoms with Gasteiger partial charge in [0.15, 0.2) is 11.5 Å². The molecule has 1 aromatic heterocycles. The second-order valence-corrected chi connectivity index (χ2v) is 10.8. The number of aromatic amines is 1. The van der Waals surface area contributed by atoms with Gasteiger partial charge in [-0.25, -0.2) is 8.42 Å². The van der Waals surface area contributed by atoms with Crippen molar-refractivity contribution in [2.45, 2.75) is 44.2 Å². The normalized spacial score (nSPS) is 18.0. The second-order valence-electron chi connectivity index (χ2n) is 8.85. The molecule has 1 atom stereocenters. The molecule has 0 unspecified atom stereocenters. The highest BCUT2D eigenvalue weighted by atomic mass is 32.2. The van der Waals surface area contributed by atoms with Gasteiger partial charge in [-0.3, -0.25) is 4.79 Å². The Hall–Kier alpha value is -2.88. The van der Waals surface area contributed by atoms with Crippen LogP contribution >= 0.6 is 0 Å². The molecule has 0 radical (unpaired) electrons. The van der Waals surface area contributed by atoms with Crippen molar-refractivity contribution in [2.24, 2.45) is 0 Å². The molecule has 3 aromatic rings. The molecule has 0 amide bonds. The number of nitrogens with zero attached hydrogens (tertiary/aromatic N) is 1. The van der Waals surface area contributed by atoms with Gasteiger partial charge in [0.25, 0.3) is 5.56 Å². The quantitative estimate of drug-likeness (QED) is 0.577. The van der Waals surface area contributed by atoms with Gasteiger partial charge in [-0.05, 0) is 56.0 Å². The van der Waals surface area contributed by atoms with Crippen molar-refractivity contribution in [1.29, 1.82) is 0 Å². The summed E-state index contributed by atoms with van der Waals surface area (Å²) in [6, 6.07) is 10.4. The number of hydrogen-bond donors (Lipinski definition) is 1. The van der Waals surface area contributed by atoms with E-state index in [1.165, 1.54) is 16.4 Å². The fourth-order valence-corrected chi connectivity index (χ4v) is 5.99. The van der Waals surface area contributed by atoms with Gasteiger partial charge in [0, 0.05) is 36.7 Å². The largest absolute Gasteiger partial charge is 0.486 e. The van der Waals surface area contributed by atoms with Crippen molar-refractivity contribution < 1.29 is 22.6 Å². The summed E-state index contributed by atoms with van der Waals surface area (Å²) in [5.41, 5.74) is 2.84. The maximum Gasteiger partial charge on any atom is 0.252 e. The highest BCUT2D eigenvalue weighted by Gasteiger charge is 2.31. The minimum Gasteiger partial charge on any atom is -0.486 e. The van der Waals surface area contributed by atoms with E-state index in [9.17, 15) is 13.2 Å². The van der Waals surface area contributed by atoms with Crippen molar-refractivity contribution in [3.63, 3.8) is 0 Å². The van der Waals surface area contributed by atoms with E-state index in [-0.39, 0.29) is 29.6 Å². The van der Waals surface area contributed by atoms with E-state index in [2.05, 4.69) is 4.98 Å². The van der Waals surface area contributed by atoms with Crippen LogP contribution in [0, 0.1) is 13.8 Å². The molecule has 5 rings (SSSR count). The number of rotatable bonds is 6. The van der Waals surface area contributed by atoms with E-state index in [4.69, 9.17) is 14.2 Å². The highest BCUT2D eigenvalue weighted by Crippen LogP contribution is 2.34. The maximum absolute atomic E-state index is 13.8. The summed E-state index contributed by atoms with van der Waals surface area (Å²) in [6.07, 6.45) is 1.45. The van der Waals surface area contributed by atoms with Gasteiger partial charge in [-0.15, -0.1) is 0 Å². The van der Waals surface area contributed by atoms with Crippen LogP contribution in [0.4, 0.5) is 0 Å². The maximum atomic E-state index is 13.8. The monoisotopic (exact) mass is 484 g/mol. The highest BCUT2D eigenvalue weighted by molar-refractivity contribution is 7.89. The number of hydrogen-bond acceptors (Lipinski definition) is 6. The molecule has 1 saturated heterocycles. The average Bonchev–Trinajstić information content (AvgIpc) is 3.35. The van der Waals surface area contributed by atoms with Crippen molar-refractivity contribution in [3.8, 4) is 11.5 Å². The minimum atomic E-state index is -3.94. The first-order valence-electron chi connectivity index (χ1n) is 11.5. The minimum absolute atomic E-state index is 0.0602. The third-order valence-electron chi connectivity index (χ3n) is 6.45. The lowest BCUT2D eigenvalue weighted by Crippen LogP contribution is -2.38. The number of pyridine rings is 1. The predicted molar refractivity (Wildman–Crippen MR) is 128 cm³/mol. The van der Waals surface area contributed by atoms with Crippen LogP contribution in [-0.4, -0.2) is 50.2 Å². The fraction of sp³-hybridized carbons (Fsp3) is 0.400. The van der Waals surface area contributed by atoms with Crippen LogP contribution in [0.3, 0.4) is 0 Å². The Bertz CT molecular complexity index is 1390. The number of aromatic nitrogens is 1. The molecule has 0 bridgehead atoms. The summed E-state index contributed by atoms with van der Waals surface area (Å²) < 4.78 is 45.7. The molecule has 2 aromatic carbocycles. The molecule has 0 saturated carbocycles. The summed E-state index contributed by atoms with van der Waals surface area (Å²) in [4.78, 5) is 16.0. The molecular weight excluding hydrogens is 456 g/mol. The smallest absolute Gasteiger partial charge is 0.252 e. The summed E-state index contributed by atoms with van der Waals surface area (Å²) in [7, 11) is -3.94. The van der Waals surface area contributed by atoms with Crippen molar-refractivity contribution >= 4 is 20.9 Å². The molecule has 2 aliphatic rings. The molecule has 8 nitrogen and oxygen atoms in total. The third kappa shape index (κ3) is 4.31. The van der Waals surface area contributed by atoms with Gasteiger partial charge in [-0.1, -0.05) is 12.1 Å². The van der Waals surface area contributed by atoms with Gasteiger partial charge in [-0.2, -0.15) is 4.31 Å². The molecule has 0 aliphatic carbocycles. The van der Waals surface area contributed by atoms with E-state index in [0.29, 0.717) is 36.9 Å². The first-order chi connectivity index (χ1) is 16.3. The van der Waals surface area contributed by atoms with Gasteiger partial charge >= 0.3 is 0 Å². The molecule has 180 valence electrons. The third-order valence-corrected chi connectivity index (χ3v) is 8.26. The Labute approximate surface area is 198 Å². The summed E-state index contributed by atoms with van der Waals surface area (Å²) in [5, 5.41) is 0.906. The Balaban J connectivity index is 1.54. The van der Waals surface area contributed by atoms with Gasteiger partial charge in [0.2, 0.25) is 10.0 Å². The summed E-state index contributed by atoms with van der Waals surface area (Å²) in [5.74, 6) is 0.923. The molecule has 0 spiro atoms. The van der Waals surface area contributed by atoms with Gasteiger partial charge in [0.1, 0.15) is 13.2 Å². The standard InChI is InChI=1S/C25H28N2O6S/c1-16-5-6-17(2)24-21(16)12-18(25(28)26-24)14-27(15-19-4-3-9-31-19)34(29,30)20-7-8-22-23(13-20)33-11-10-32-22/h5-8,12-13,19H,3-4,9-11,14-15H2,1-2H3,(H,26,28)/t19-/m1/s1. The Morgan fingerprint density at radius 2 is 1.76 bits per heavy atom. The van der Waals surface area contributed by atoms with E-state index in [1.807, 2.05) is 26.0 Å². The van der Waals surface area contributed by atoms with Gasteiger partial charge < -0.3 is 19.2 Å². The van der Waals surface area contributed by atoms with Crippen LogP contribution in [-0.2, 0) is 21.3 Å². The Morgan fingerprint density at radius 3 is 2.53 bits per heavy atom.